The van der Waals surface area contributed by atoms with Gasteiger partial charge in [0.05, 0.1) is 22.9 Å². The van der Waals surface area contributed by atoms with Gasteiger partial charge in [-0.1, -0.05) is 0 Å². The van der Waals surface area contributed by atoms with Crippen molar-refractivity contribution in [1.82, 2.24) is 14.7 Å². The zero-order chi connectivity index (χ0) is 17.3. The Hall–Kier alpha value is -2.25. The predicted octanol–water partition coefficient (Wildman–Crippen LogP) is 2.99. The predicted molar refractivity (Wildman–Crippen MR) is 92.3 cm³/mol. The first-order valence-corrected chi connectivity index (χ1v) is 8.52. The lowest BCUT2D eigenvalue weighted by molar-refractivity contribution is 0.0737. The van der Waals surface area contributed by atoms with Gasteiger partial charge in [-0.2, -0.15) is 5.10 Å². The number of likely N-dealkylation sites (N-methyl/N-ethyl adjacent to an activating group) is 1. The Bertz CT molecular complexity index is 870. The molecule has 1 N–H and O–H groups in total. The van der Waals surface area contributed by atoms with Crippen molar-refractivity contribution < 1.29 is 14.3 Å². The Labute approximate surface area is 142 Å². The molecule has 0 atom stereocenters. The van der Waals surface area contributed by atoms with E-state index in [2.05, 4.69) is 5.10 Å². The summed E-state index contributed by atoms with van der Waals surface area (Å²) in [6.45, 7) is 4.55. The smallest absolute Gasteiger partial charge is 0.264 e. The average Bonchev–Trinajstić information content (AvgIpc) is 3.14. The number of aromatic nitrogens is 2. The number of aryl methyl sites for hydroxylation is 1. The number of fused-ring (bicyclic) bond motifs is 1. The van der Waals surface area contributed by atoms with Gasteiger partial charge in [-0.3, -0.25) is 4.79 Å². The first-order chi connectivity index (χ1) is 11.5. The first-order valence-electron chi connectivity index (χ1n) is 7.70. The number of thiophene rings is 1. The van der Waals surface area contributed by atoms with Crippen molar-refractivity contribution in [2.75, 3.05) is 19.7 Å². The molecule has 3 rings (SSSR count). The maximum atomic E-state index is 13.1. The van der Waals surface area contributed by atoms with Gasteiger partial charge < -0.3 is 10.0 Å². The molecule has 2 aromatic heterocycles. The van der Waals surface area contributed by atoms with Crippen LogP contribution in [0.5, 0.6) is 0 Å². The van der Waals surface area contributed by atoms with E-state index in [0.717, 1.165) is 21.6 Å². The van der Waals surface area contributed by atoms with Crippen LogP contribution in [-0.4, -0.2) is 45.4 Å². The van der Waals surface area contributed by atoms with Gasteiger partial charge in [0.2, 0.25) is 0 Å². The number of halogens is 1. The molecular formula is C17H18FN3O2S. The lowest BCUT2D eigenvalue weighted by Crippen LogP contribution is -2.32. The normalized spacial score (nSPS) is 11.2. The third-order valence-corrected chi connectivity index (χ3v) is 4.96. The summed E-state index contributed by atoms with van der Waals surface area (Å²) in [5, 5.41) is 14.5. The molecule has 24 heavy (non-hydrogen) atoms. The van der Waals surface area contributed by atoms with E-state index < -0.39 is 0 Å². The fourth-order valence-electron chi connectivity index (χ4n) is 2.59. The second-order valence-corrected chi connectivity index (χ2v) is 6.44. The number of amides is 1. The third-order valence-electron chi connectivity index (χ3n) is 3.87. The van der Waals surface area contributed by atoms with Crippen molar-refractivity contribution in [2.24, 2.45) is 0 Å². The van der Waals surface area contributed by atoms with E-state index in [9.17, 15) is 9.18 Å². The van der Waals surface area contributed by atoms with Crippen LogP contribution in [0.1, 0.15) is 22.3 Å². The largest absolute Gasteiger partial charge is 0.395 e. The summed E-state index contributed by atoms with van der Waals surface area (Å²) in [4.78, 5) is 15.6. The van der Waals surface area contributed by atoms with Crippen LogP contribution >= 0.6 is 11.3 Å². The molecule has 1 aromatic carbocycles. The van der Waals surface area contributed by atoms with Crippen LogP contribution in [0.4, 0.5) is 4.39 Å². The van der Waals surface area contributed by atoms with Gasteiger partial charge >= 0.3 is 0 Å². The van der Waals surface area contributed by atoms with Gasteiger partial charge in [0.25, 0.3) is 5.91 Å². The fourth-order valence-corrected chi connectivity index (χ4v) is 3.74. The Morgan fingerprint density at radius 2 is 2.08 bits per heavy atom. The maximum absolute atomic E-state index is 13.1. The second-order valence-electron chi connectivity index (χ2n) is 5.41. The summed E-state index contributed by atoms with van der Waals surface area (Å²) in [7, 11) is 0. The lowest BCUT2D eigenvalue weighted by atomic mass is 10.3. The minimum atomic E-state index is -0.302. The van der Waals surface area contributed by atoms with Crippen molar-refractivity contribution in [1.29, 1.82) is 0 Å². The van der Waals surface area contributed by atoms with Crippen LogP contribution in [0.3, 0.4) is 0 Å². The van der Waals surface area contributed by atoms with E-state index in [4.69, 9.17) is 5.11 Å². The number of hydrogen-bond donors (Lipinski definition) is 1. The molecule has 1 amide bonds. The molecular weight excluding hydrogens is 329 g/mol. The van der Waals surface area contributed by atoms with Gasteiger partial charge in [0.15, 0.2) is 0 Å². The molecule has 3 aromatic rings. The molecule has 0 aliphatic carbocycles. The molecule has 7 heteroatoms. The van der Waals surface area contributed by atoms with E-state index in [1.165, 1.54) is 23.5 Å². The summed E-state index contributed by atoms with van der Waals surface area (Å²) >= 11 is 1.36. The molecule has 0 saturated carbocycles. The molecule has 0 bridgehead atoms. The number of aliphatic hydroxyl groups excluding tert-OH is 1. The number of hydrogen-bond acceptors (Lipinski definition) is 4. The molecule has 0 fully saturated rings. The number of aliphatic hydroxyl groups is 1. The highest BCUT2D eigenvalue weighted by molar-refractivity contribution is 7.20. The molecule has 126 valence electrons. The average molecular weight is 347 g/mol. The first kappa shape index (κ1) is 16.6. The Kier molecular flexibility index (Phi) is 4.64. The molecule has 0 aliphatic heterocycles. The highest BCUT2D eigenvalue weighted by Gasteiger charge is 2.20. The highest BCUT2D eigenvalue weighted by atomic mass is 32.1. The lowest BCUT2D eigenvalue weighted by Gasteiger charge is -2.18. The third kappa shape index (κ3) is 2.92. The van der Waals surface area contributed by atoms with Crippen molar-refractivity contribution >= 4 is 27.5 Å². The monoisotopic (exact) mass is 347 g/mol. The van der Waals surface area contributed by atoms with Gasteiger partial charge in [0.1, 0.15) is 10.6 Å². The van der Waals surface area contributed by atoms with E-state index in [0.29, 0.717) is 18.0 Å². The summed E-state index contributed by atoms with van der Waals surface area (Å²) in [5.74, 6) is -0.402. The van der Waals surface area contributed by atoms with Crippen LogP contribution in [0.2, 0.25) is 0 Å². The molecule has 0 radical (unpaired) electrons. The number of benzene rings is 1. The zero-order valence-electron chi connectivity index (χ0n) is 13.5. The van der Waals surface area contributed by atoms with Gasteiger partial charge in [-0.15, -0.1) is 11.3 Å². The molecule has 0 aliphatic rings. The van der Waals surface area contributed by atoms with Crippen molar-refractivity contribution in [2.45, 2.75) is 13.8 Å². The van der Waals surface area contributed by atoms with Crippen molar-refractivity contribution in [3.8, 4) is 5.69 Å². The molecule has 2 heterocycles. The molecule has 0 spiro atoms. The summed E-state index contributed by atoms with van der Waals surface area (Å²) in [6, 6.07) is 7.93. The Morgan fingerprint density at radius 3 is 2.71 bits per heavy atom. The van der Waals surface area contributed by atoms with Crippen LogP contribution in [0, 0.1) is 12.7 Å². The van der Waals surface area contributed by atoms with Crippen LogP contribution in [-0.2, 0) is 0 Å². The quantitative estimate of drug-likeness (QED) is 0.772. The minimum absolute atomic E-state index is 0.0626. The van der Waals surface area contributed by atoms with Crippen LogP contribution in [0.25, 0.3) is 15.9 Å². The standard InChI is InChI=1S/C17H18FN3O2S/c1-3-20(8-9-22)16(23)15-10-14-11(2)19-21(17(14)24-15)13-6-4-12(18)5-7-13/h4-7,10,22H,3,8-9H2,1-2H3. The number of carbonyl (C=O) groups excluding carboxylic acids is 1. The minimum Gasteiger partial charge on any atom is -0.395 e. The summed E-state index contributed by atoms with van der Waals surface area (Å²) < 4.78 is 14.9. The highest BCUT2D eigenvalue weighted by Crippen LogP contribution is 2.31. The summed E-state index contributed by atoms with van der Waals surface area (Å²) in [5.41, 5.74) is 1.56. The van der Waals surface area contributed by atoms with E-state index in [-0.39, 0.29) is 18.3 Å². The van der Waals surface area contributed by atoms with Crippen LogP contribution in [0.15, 0.2) is 30.3 Å². The summed E-state index contributed by atoms with van der Waals surface area (Å²) in [6.07, 6.45) is 0. The molecule has 0 unspecified atom stereocenters. The Balaban J connectivity index is 2.04. The van der Waals surface area contributed by atoms with Crippen molar-refractivity contribution in [3.63, 3.8) is 0 Å². The SMILES string of the molecule is CCN(CCO)C(=O)c1cc2c(C)nn(-c3ccc(F)cc3)c2s1. The zero-order valence-corrected chi connectivity index (χ0v) is 14.3. The van der Waals surface area contributed by atoms with Crippen molar-refractivity contribution in [3.05, 3.63) is 46.7 Å². The van der Waals surface area contributed by atoms with Gasteiger partial charge in [-0.25, -0.2) is 9.07 Å². The number of carbonyl (C=O) groups is 1. The fraction of sp³-hybridized carbons (Fsp3) is 0.294. The molecule has 0 saturated heterocycles. The second kappa shape index (κ2) is 6.70. The molecule has 5 nitrogen and oxygen atoms in total. The van der Waals surface area contributed by atoms with E-state index in [1.807, 2.05) is 19.9 Å². The van der Waals surface area contributed by atoms with E-state index >= 15 is 0 Å². The Morgan fingerprint density at radius 1 is 1.38 bits per heavy atom. The topological polar surface area (TPSA) is 58.4 Å². The van der Waals surface area contributed by atoms with E-state index in [1.54, 1.807) is 21.7 Å². The van der Waals surface area contributed by atoms with Gasteiger partial charge in [-0.05, 0) is 44.2 Å². The van der Waals surface area contributed by atoms with Gasteiger partial charge in [0, 0.05) is 18.5 Å². The maximum Gasteiger partial charge on any atom is 0.264 e. The number of nitrogens with zero attached hydrogens (tertiary/aromatic N) is 3. The number of rotatable bonds is 5. The van der Waals surface area contributed by atoms with Crippen LogP contribution < -0.4 is 0 Å².